The van der Waals surface area contributed by atoms with Gasteiger partial charge in [0.1, 0.15) is 5.75 Å². The number of rotatable bonds is 5. The van der Waals surface area contributed by atoms with E-state index in [-0.39, 0.29) is 24.0 Å². The van der Waals surface area contributed by atoms with Crippen molar-refractivity contribution in [2.75, 3.05) is 6.61 Å². The zero-order valence-electron chi connectivity index (χ0n) is 14.8. The van der Waals surface area contributed by atoms with Gasteiger partial charge in [0.25, 0.3) is 0 Å². The second kappa shape index (κ2) is 6.49. The van der Waals surface area contributed by atoms with Gasteiger partial charge >= 0.3 is 11.9 Å². The SMILES string of the molecule is CCOC(=O)C1Cc2cc(S(=O)(=O)N3C4CCC3C(C(=O)O)C4)ccc2O1. The van der Waals surface area contributed by atoms with Crippen molar-refractivity contribution in [3.05, 3.63) is 23.8 Å². The maximum Gasteiger partial charge on any atom is 0.347 e. The van der Waals surface area contributed by atoms with Gasteiger partial charge in [-0.15, -0.1) is 0 Å². The Hall–Kier alpha value is -2.13. The van der Waals surface area contributed by atoms with Gasteiger partial charge < -0.3 is 14.6 Å². The van der Waals surface area contributed by atoms with Crippen LogP contribution in [0.4, 0.5) is 0 Å². The molecule has 2 saturated heterocycles. The summed E-state index contributed by atoms with van der Waals surface area (Å²) < 4.78 is 38.3. The number of sulfonamides is 1. The van der Waals surface area contributed by atoms with E-state index in [1.807, 2.05) is 0 Å². The molecule has 9 heteroatoms. The maximum atomic E-state index is 13.2. The molecule has 0 radical (unpaired) electrons. The lowest BCUT2D eigenvalue weighted by atomic mass is 9.89. The minimum absolute atomic E-state index is 0.109. The first kappa shape index (κ1) is 18.2. The Bertz CT molecular complexity index is 897. The summed E-state index contributed by atoms with van der Waals surface area (Å²) in [6.45, 7) is 1.95. The molecule has 1 aromatic rings. The Morgan fingerprint density at radius 1 is 1.33 bits per heavy atom. The molecule has 27 heavy (non-hydrogen) atoms. The number of esters is 1. The van der Waals surface area contributed by atoms with Crippen LogP contribution in [0.3, 0.4) is 0 Å². The van der Waals surface area contributed by atoms with Gasteiger partial charge in [-0.2, -0.15) is 4.31 Å². The Morgan fingerprint density at radius 3 is 2.78 bits per heavy atom. The molecule has 0 amide bonds. The molecule has 1 aromatic carbocycles. The standard InChI is InChI=1S/C18H21NO7S/c1-2-25-18(22)16-8-10-7-12(4-6-15(10)26-16)27(23,24)19-11-3-5-14(19)13(9-11)17(20)21/h4,6-7,11,13-14,16H,2-3,5,8-9H2,1H3,(H,20,21). The van der Waals surface area contributed by atoms with Gasteiger partial charge in [-0.1, -0.05) is 0 Å². The molecule has 3 aliphatic heterocycles. The van der Waals surface area contributed by atoms with Crippen LogP contribution in [-0.4, -0.2) is 54.6 Å². The number of aliphatic carboxylic acids is 1. The minimum atomic E-state index is -3.81. The number of hydrogen-bond acceptors (Lipinski definition) is 6. The fourth-order valence-corrected chi connectivity index (χ4v) is 6.42. The highest BCUT2D eigenvalue weighted by molar-refractivity contribution is 7.89. The van der Waals surface area contributed by atoms with Gasteiger partial charge in [-0.05, 0) is 49.9 Å². The summed E-state index contributed by atoms with van der Waals surface area (Å²) in [6.07, 6.45) is 1.10. The van der Waals surface area contributed by atoms with E-state index in [0.29, 0.717) is 30.6 Å². The largest absolute Gasteiger partial charge is 0.481 e. The number of hydrogen-bond donors (Lipinski definition) is 1. The second-order valence-corrected chi connectivity index (χ2v) is 8.99. The molecule has 2 fully saturated rings. The average molecular weight is 395 g/mol. The van der Waals surface area contributed by atoms with Crippen LogP contribution in [0, 0.1) is 5.92 Å². The van der Waals surface area contributed by atoms with Gasteiger partial charge in [0.05, 0.1) is 17.4 Å². The van der Waals surface area contributed by atoms with Crippen LogP contribution in [0.15, 0.2) is 23.1 Å². The number of carbonyl (C=O) groups excluding carboxylic acids is 1. The van der Waals surface area contributed by atoms with Gasteiger partial charge in [0.15, 0.2) is 6.10 Å². The third-order valence-electron chi connectivity index (χ3n) is 5.62. The van der Waals surface area contributed by atoms with Crippen molar-refractivity contribution >= 4 is 22.0 Å². The van der Waals surface area contributed by atoms with E-state index in [2.05, 4.69) is 0 Å². The Morgan fingerprint density at radius 2 is 2.11 bits per heavy atom. The van der Waals surface area contributed by atoms with Gasteiger partial charge in [0.2, 0.25) is 10.0 Å². The van der Waals surface area contributed by atoms with Gasteiger partial charge in [0, 0.05) is 18.5 Å². The van der Waals surface area contributed by atoms with Crippen LogP contribution in [0.25, 0.3) is 0 Å². The summed E-state index contributed by atoms with van der Waals surface area (Å²) >= 11 is 0. The van der Waals surface area contributed by atoms with E-state index >= 15 is 0 Å². The summed E-state index contributed by atoms with van der Waals surface area (Å²) in [5.74, 6) is -1.59. The van der Waals surface area contributed by atoms with E-state index in [4.69, 9.17) is 9.47 Å². The van der Waals surface area contributed by atoms with Crippen LogP contribution >= 0.6 is 0 Å². The summed E-state index contributed by atoms with van der Waals surface area (Å²) in [4.78, 5) is 23.4. The normalized spacial score (nSPS) is 29.4. The molecule has 0 aromatic heterocycles. The molecule has 8 nitrogen and oxygen atoms in total. The van der Waals surface area contributed by atoms with Crippen LogP contribution in [-0.2, 0) is 30.8 Å². The zero-order chi connectivity index (χ0) is 19.3. The number of carbonyl (C=O) groups is 2. The lowest BCUT2D eigenvalue weighted by Gasteiger charge is -2.22. The third-order valence-corrected chi connectivity index (χ3v) is 7.60. The highest BCUT2D eigenvalue weighted by Gasteiger charge is 2.54. The first-order valence-corrected chi connectivity index (χ1v) is 10.5. The predicted molar refractivity (Wildman–Crippen MR) is 92.8 cm³/mol. The molecular formula is C18H21NO7S. The molecule has 3 heterocycles. The number of carboxylic acids is 1. The second-order valence-electron chi connectivity index (χ2n) is 7.15. The minimum Gasteiger partial charge on any atom is -0.481 e. The van der Waals surface area contributed by atoms with Crippen molar-refractivity contribution in [1.82, 2.24) is 4.31 Å². The molecular weight excluding hydrogens is 374 g/mol. The molecule has 4 unspecified atom stereocenters. The van der Waals surface area contributed by atoms with E-state index in [1.165, 1.54) is 16.4 Å². The van der Waals surface area contributed by atoms with E-state index in [0.717, 1.165) is 0 Å². The van der Waals surface area contributed by atoms with E-state index < -0.39 is 40.0 Å². The predicted octanol–water partition coefficient (Wildman–Crippen LogP) is 1.18. The summed E-state index contributed by atoms with van der Waals surface area (Å²) in [7, 11) is -3.81. The number of carboxylic acid groups (broad SMARTS) is 1. The van der Waals surface area contributed by atoms with Crippen LogP contribution in [0.1, 0.15) is 31.7 Å². The van der Waals surface area contributed by atoms with Crippen molar-refractivity contribution in [1.29, 1.82) is 0 Å². The lowest BCUT2D eigenvalue weighted by molar-refractivity contribution is -0.150. The molecule has 0 aliphatic carbocycles. The molecule has 146 valence electrons. The van der Waals surface area contributed by atoms with Gasteiger partial charge in [-0.25, -0.2) is 13.2 Å². The highest BCUT2D eigenvalue weighted by atomic mass is 32.2. The molecule has 1 N–H and O–H groups in total. The lowest BCUT2D eigenvalue weighted by Crippen LogP contribution is -2.37. The highest BCUT2D eigenvalue weighted by Crippen LogP contribution is 2.45. The summed E-state index contributed by atoms with van der Waals surface area (Å²) in [6, 6.07) is 3.77. The van der Waals surface area contributed by atoms with Crippen molar-refractivity contribution in [2.45, 2.75) is 55.7 Å². The molecule has 4 atom stereocenters. The number of ether oxygens (including phenoxy) is 2. The summed E-state index contributed by atoms with van der Waals surface area (Å²) in [5.41, 5.74) is 0.635. The van der Waals surface area contributed by atoms with Crippen LogP contribution in [0.5, 0.6) is 5.75 Å². The number of nitrogens with zero attached hydrogens (tertiary/aromatic N) is 1. The van der Waals surface area contributed by atoms with E-state index in [1.54, 1.807) is 13.0 Å². The zero-order valence-corrected chi connectivity index (χ0v) is 15.6. The fourth-order valence-electron chi connectivity index (χ4n) is 4.45. The summed E-state index contributed by atoms with van der Waals surface area (Å²) in [5, 5.41) is 9.36. The van der Waals surface area contributed by atoms with Crippen molar-refractivity contribution in [3.8, 4) is 5.75 Å². The van der Waals surface area contributed by atoms with Crippen LogP contribution < -0.4 is 4.74 Å². The third kappa shape index (κ3) is 2.89. The first-order chi connectivity index (χ1) is 12.8. The van der Waals surface area contributed by atoms with E-state index in [9.17, 15) is 23.1 Å². The van der Waals surface area contributed by atoms with Crippen molar-refractivity contribution < 1.29 is 32.6 Å². The average Bonchev–Trinajstić information content (AvgIpc) is 3.33. The Kier molecular flexibility index (Phi) is 4.38. The molecule has 0 saturated carbocycles. The first-order valence-electron chi connectivity index (χ1n) is 9.05. The maximum absolute atomic E-state index is 13.2. The quantitative estimate of drug-likeness (QED) is 0.746. The molecule has 2 bridgehead atoms. The van der Waals surface area contributed by atoms with Crippen LogP contribution in [0.2, 0.25) is 0 Å². The Balaban J connectivity index is 1.60. The smallest absolute Gasteiger partial charge is 0.347 e. The molecule has 0 spiro atoms. The monoisotopic (exact) mass is 395 g/mol. The topological polar surface area (TPSA) is 110 Å². The fraction of sp³-hybridized carbons (Fsp3) is 0.556. The Labute approximate surface area is 157 Å². The molecule has 4 rings (SSSR count). The molecule has 3 aliphatic rings. The van der Waals surface area contributed by atoms with Crippen molar-refractivity contribution in [3.63, 3.8) is 0 Å². The number of benzene rings is 1. The van der Waals surface area contributed by atoms with Crippen molar-refractivity contribution in [2.24, 2.45) is 5.92 Å². The van der Waals surface area contributed by atoms with Gasteiger partial charge in [-0.3, -0.25) is 4.79 Å². The number of fused-ring (bicyclic) bond motifs is 3.